The van der Waals surface area contributed by atoms with E-state index in [4.69, 9.17) is 11.6 Å². The van der Waals surface area contributed by atoms with Gasteiger partial charge in [0.15, 0.2) is 0 Å². The van der Waals surface area contributed by atoms with Crippen molar-refractivity contribution < 1.29 is 0 Å². The van der Waals surface area contributed by atoms with Crippen molar-refractivity contribution in [3.05, 3.63) is 70.9 Å². The molecule has 1 aliphatic rings. The van der Waals surface area contributed by atoms with Crippen LogP contribution in [0.2, 0.25) is 5.02 Å². The van der Waals surface area contributed by atoms with Crippen molar-refractivity contribution in [3.63, 3.8) is 0 Å². The molecule has 2 heterocycles. The zero-order valence-corrected chi connectivity index (χ0v) is 14.2. The summed E-state index contributed by atoms with van der Waals surface area (Å²) in [6, 6.07) is 18.3. The van der Waals surface area contributed by atoms with Crippen LogP contribution in [-0.4, -0.2) is 23.0 Å². The van der Waals surface area contributed by atoms with Gasteiger partial charge in [-0.1, -0.05) is 59.8 Å². The van der Waals surface area contributed by atoms with Crippen LogP contribution >= 0.6 is 11.6 Å². The maximum Gasteiger partial charge on any atom is 0.114 e. The Balaban J connectivity index is 1.77. The third-order valence-electron chi connectivity index (χ3n) is 4.58. The van der Waals surface area contributed by atoms with Gasteiger partial charge in [-0.3, -0.25) is 4.90 Å². The lowest BCUT2D eigenvalue weighted by Gasteiger charge is -2.22. The van der Waals surface area contributed by atoms with Gasteiger partial charge >= 0.3 is 0 Å². The first-order valence-corrected chi connectivity index (χ1v) is 8.77. The molecule has 24 heavy (non-hydrogen) atoms. The zero-order chi connectivity index (χ0) is 16.4. The molecular weight excluding hydrogens is 316 g/mol. The second-order valence-electron chi connectivity index (χ2n) is 6.18. The third-order valence-corrected chi connectivity index (χ3v) is 4.98. The highest BCUT2D eigenvalue weighted by molar-refractivity contribution is 6.36. The van der Waals surface area contributed by atoms with E-state index in [1.807, 2.05) is 42.5 Å². The molecule has 1 aromatic heterocycles. The van der Waals surface area contributed by atoms with Gasteiger partial charge in [-0.15, -0.1) is 0 Å². The minimum atomic E-state index is 0.00704. The van der Waals surface area contributed by atoms with Gasteiger partial charge in [0, 0.05) is 16.5 Å². The number of halogens is 1. The number of para-hydroxylation sites is 1. The molecule has 1 unspecified atom stereocenters. The Morgan fingerprint density at radius 1 is 0.958 bits per heavy atom. The summed E-state index contributed by atoms with van der Waals surface area (Å²) < 4.78 is 0. The van der Waals surface area contributed by atoms with E-state index in [1.165, 1.54) is 12.8 Å². The number of nitrogens with zero attached hydrogens (tertiary/aromatic N) is 1. The summed E-state index contributed by atoms with van der Waals surface area (Å²) in [6.45, 7) is 2.14. The highest BCUT2D eigenvalue weighted by Crippen LogP contribution is 2.34. The van der Waals surface area contributed by atoms with E-state index < -0.39 is 0 Å². The van der Waals surface area contributed by atoms with Crippen LogP contribution in [0.3, 0.4) is 0 Å². The Hall–Kier alpha value is -2.21. The van der Waals surface area contributed by atoms with Crippen LogP contribution in [0.5, 0.6) is 0 Å². The van der Waals surface area contributed by atoms with Crippen molar-refractivity contribution in [2.45, 2.75) is 18.9 Å². The van der Waals surface area contributed by atoms with Crippen LogP contribution in [0.4, 0.5) is 0 Å². The number of hydrogen-bond donors (Lipinski definition) is 1. The molecule has 3 aromatic rings. The number of aromatic amines is 1. The van der Waals surface area contributed by atoms with Crippen LogP contribution in [0.25, 0.3) is 10.9 Å². The summed E-state index contributed by atoms with van der Waals surface area (Å²) in [5.41, 5.74) is 3.13. The quantitative estimate of drug-likeness (QED) is 0.653. The second-order valence-corrected chi connectivity index (χ2v) is 6.56. The Kier molecular flexibility index (Phi) is 4.30. The van der Waals surface area contributed by atoms with E-state index in [9.17, 15) is 0 Å². The maximum absolute atomic E-state index is 6.69. The molecule has 0 saturated carbocycles. The first-order chi connectivity index (χ1) is 11.8. The van der Waals surface area contributed by atoms with Crippen molar-refractivity contribution in [1.82, 2.24) is 9.88 Å². The van der Waals surface area contributed by atoms with Gasteiger partial charge in [0.2, 0.25) is 0 Å². The van der Waals surface area contributed by atoms with Gasteiger partial charge in [0.1, 0.15) is 6.04 Å². The molecule has 0 spiro atoms. The Morgan fingerprint density at radius 3 is 2.42 bits per heavy atom. The fourth-order valence-electron chi connectivity index (χ4n) is 3.34. The molecule has 2 nitrogen and oxygen atoms in total. The van der Waals surface area contributed by atoms with Gasteiger partial charge in [0.05, 0.1) is 10.7 Å². The first-order valence-electron chi connectivity index (χ1n) is 8.40. The summed E-state index contributed by atoms with van der Waals surface area (Å²) in [4.78, 5) is 5.92. The lowest BCUT2D eigenvalue weighted by atomic mass is 10.1. The van der Waals surface area contributed by atoms with E-state index >= 15 is 0 Å². The van der Waals surface area contributed by atoms with E-state index in [1.54, 1.807) is 0 Å². The highest BCUT2D eigenvalue weighted by Gasteiger charge is 2.26. The van der Waals surface area contributed by atoms with Crippen LogP contribution in [0.1, 0.15) is 30.1 Å². The fraction of sp³-hybridized carbons (Fsp3) is 0.238. The fourth-order valence-corrected chi connectivity index (χ4v) is 3.65. The number of H-pyrrole nitrogens is 1. The summed E-state index contributed by atoms with van der Waals surface area (Å²) in [5, 5.41) is 1.87. The topological polar surface area (TPSA) is 19.0 Å². The van der Waals surface area contributed by atoms with Crippen molar-refractivity contribution in [2.75, 3.05) is 13.1 Å². The highest BCUT2D eigenvalue weighted by atomic mass is 35.5. The third kappa shape index (κ3) is 2.94. The lowest BCUT2D eigenvalue weighted by Crippen LogP contribution is -2.25. The predicted octanol–water partition coefficient (Wildman–Crippen LogP) is 5.01. The molecule has 1 atom stereocenters. The molecule has 4 rings (SSSR count). The molecule has 2 aromatic carbocycles. The number of hydrogen-bond acceptors (Lipinski definition) is 1. The Morgan fingerprint density at radius 2 is 1.67 bits per heavy atom. The van der Waals surface area contributed by atoms with Crippen LogP contribution in [-0.2, 0) is 0 Å². The van der Waals surface area contributed by atoms with Crippen molar-refractivity contribution in [3.8, 4) is 11.8 Å². The number of likely N-dealkylation sites (tertiary alicyclic amines) is 1. The molecule has 120 valence electrons. The van der Waals surface area contributed by atoms with Crippen LogP contribution in [0, 0.1) is 11.8 Å². The molecule has 0 bridgehead atoms. The molecular formula is C21H19ClN2. The van der Waals surface area contributed by atoms with Gasteiger partial charge in [-0.2, -0.15) is 0 Å². The average Bonchev–Trinajstić information content (AvgIpc) is 3.26. The first kappa shape index (κ1) is 15.3. The number of aromatic nitrogens is 1. The van der Waals surface area contributed by atoms with E-state index in [2.05, 4.69) is 33.9 Å². The van der Waals surface area contributed by atoms with E-state index in [-0.39, 0.29) is 6.04 Å². The maximum atomic E-state index is 6.69. The smallest absolute Gasteiger partial charge is 0.114 e. The van der Waals surface area contributed by atoms with Crippen molar-refractivity contribution in [2.24, 2.45) is 0 Å². The monoisotopic (exact) mass is 334 g/mol. The largest absolute Gasteiger partial charge is 0.355 e. The molecule has 0 radical (unpaired) electrons. The minimum absolute atomic E-state index is 0.00704. The number of benzene rings is 2. The Bertz CT molecular complexity index is 896. The zero-order valence-electron chi connectivity index (χ0n) is 13.4. The van der Waals surface area contributed by atoms with E-state index in [0.717, 1.165) is 40.3 Å². The Labute approximate surface area is 147 Å². The molecule has 0 aliphatic carbocycles. The van der Waals surface area contributed by atoms with Gasteiger partial charge < -0.3 is 4.98 Å². The molecule has 1 fully saturated rings. The minimum Gasteiger partial charge on any atom is -0.355 e. The second kappa shape index (κ2) is 6.73. The number of nitrogens with one attached hydrogen (secondary N) is 1. The summed E-state index contributed by atoms with van der Waals surface area (Å²) in [7, 11) is 0. The van der Waals surface area contributed by atoms with Gasteiger partial charge in [-0.25, -0.2) is 0 Å². The normalized spacial score (nSPS) is 16.0. The number of fused-ring (bicyclic) bond motifs is 1. The lowest BCUT2D eigenvalue weighted by molar-refractivity contribution is 0.293. The summed E-state index contributed by atoms with van der Waals surface area (Å²) >= 11 is 6.69. The van der Waals surface area contributed by atoms with Crippen molar-refractivity contribution in [1.29, 1.82) is 0 Å². The average molecular weight is 335 g/mol. The molecule has 1 N–H and O–H groups in total. The van der Waals surface area contributed by atoms with Crippen LogP contribution in [0.15, 0.2) is 54.6 Å². The van der Waals surface area contributed by atoms with E-state index in [0.29, 0.717) is 0 Å². The molecule has 1 saturated heterocycles. The summed E-state index contributed by atoms with van der Waals surface area (Å²) in [6.07, 6.45) is 2.45. The SMILES string of the molecule is Clc1c(C(C#Cc2ccccc2)N2CCCC2)[nH]c2ccccc12. The van der Waals surface area contributed by atoms with Crippen LogP contribution < -0.4 is 0 Å². The van der Waals surface area contributed by atoms with Gasteiger partial charge in [0.25, 0.3) is 0 Å². The molecule has 3 heteroatoms. The summed E-state index contributed by atoms with van der Waals surface area (Å²) in [5.74, 6) is 6.78. The number of rotatable bonds is 2. The molecule has 1 aliphatic heterocycles. The molecule has 0 amide bonds. The van der Waals surface area contributed by atoms with Gasteiger partial charge in [-0.05, 0) is 44.1 Å². The predicted molar refractivity (Wildman–Crippen MR) is 100 cm³/mol. The standard InChI is InChI=1S/C21H19ClN2/c22-20-17-10-4-5-11-18(17)23-21(20)19(24-14-6-7-15-24)13-12-16-8-2-1-3-9-16/h1-5,8-11,19,23H,6-7,14-15H2. The van der Waals surface area contributed by atoms with Crippen molar-refractivity contribution >= 4 is 22.5 Å².